The zero-order valence-electron chi connectivity index (χ0n) is 12.5. The number of Topliss-reactive ketones (excluding diaryl/α,β-unsaturated/α-hetero) is 1. The Morgan fingerprint density at radius 2 is 1.71 bits per heavy atom. The van der Waals surface area contributed by atoms with Gasteiger partial charge >= 0.3 is 0 Å². The number of nitrogens with one attached hydrogen (secondary N) is 1. The van der Waals surface area contributed by atoms with E-state index in [9.17, 15) is 14.7 Å². The van der Waals surface area contributed by atoms with Gasteiger partial charge in [-0.25, -0.2) is 0 Å². The molecule has 2 N–H and O–H groups in total. The van der Waals surface area contributed by atoms with Crippen LogP contribution in [0.1, 0.15) is 62.2 Å². The first-order valence-electron chi connectivity index (χ1n) is 7.77. The van der Waals surface area contributed by atoms with Crippen LogP contribution in [0.25, 0.3) is 0 Å². The fourth-order valence-electron chi connectivity index (χ4n) is 2.73. The Morgan fingerprint density at radius 1 is 1.05 bits per heavy atom. The summed E-state index contributed by atoms with van der Waals surface area (Å²) in [7, 11) is 0. The first-order chi connectivity index (χ1) is 10.1. The molecule has 1 heterocycles. The van der Waals surface area contributed by atoms with Crippen molar-refractivity contribution in [1.29, 1.82) is 0 Å². The molecule has 0 aliphatic carbocycles. The number of ketones is 1. The summed E-state index contributed by atoms with van der Waals surface area (Å²) in [4.78, 5) is 24.5. The number of fused-ring (bicyclic) bond motifs is 1. The molecule has 0 saturated heterocycles. The van der Waals surface area contributed by atoms with Crippen molar-refractivity contribution < 1.29 is 14.7 Å². The Balaban J connectivity index is 1.98. The van der Waals surface area contributed by atoms with Gasteiger partial charge in [-0.1, -0.05) is 51.2 Å². The van der Waals surface area contributed by atoms with Crippen LogP contribution in [0.3, 0.4) is 0 Å². The molecule has 0 spiro atoms. The average molecular weight is 289 g/mol. The zero-order chi connectivity index (χ0) is 15.3. The molecular formula is C17H23NO3. The van der Waals surface area contributed by atoms with Crippen LogP contribution in [0.5, 0.6) is 0 Å². The predicted octanol–water partition coefficient (Wildman–Crippen LogP) is 3.30. The second-order valence-corrected chi connectivity index (χ2v) is 5.71. The smallest absolute Gasteiger partial charge is 0.264 e. The summed E-state index contributed by atoms with van der Waals surface area (Å²) in [6.07, 6.45) is 6.44. The fourth-order valence-corrected chi connectivity index (χ4v) is 2.73. The monoisotopic (exact) mass is 289 g/mol. The number of hydrogen-bond donors (Lipinski definition) is 2. The molecule has 1 aliphatic heterocycles. The van der Waals surface area contributed by atoms with Gasteiger partial charge in [-0.2, -0.15) is 0 Å². The maximum Gasteiger partial charge on any atom is 0.264 e. The number of unbranched alkanes of at least 4 members (excludes halogenated alkanes) is 5. The lowest BCUT2D eigenvalue weighted by atomic mass is 9.83. The lowest BCUT2D eigenvalue weighted by molar-refractivity contribution is -0.130. The molecule has 0 fully saturated rings. The van der Waals surface area contributed by atoms with E-state index in [1.165, 1.54) is 12.8 Å². The standard InChI is InChI=1S/C17H23NO3/c1-2-3-4-5-6-9-12-17(21)15(19)13-10-7-8-11-14(13)18-16(17)20/h7-8,10-11,21H,2-6,9,12H2,1H3,(H,18,20). The third kappa shape index (κ3) is 3.32. The normalized spacial score (nSPS) is 21.0. The van der Waals surface area contributed by atoms with Gasteiger partial charge < -0.3 is 10.4 Å². The number of carbonyl (C=O) groups is 2. The number of rotatable bonds is 7. The second-order valence-electron chi connectivity index (χ2n) is 5.71. The molecule has 4 heteroatoms. The number of carbonyl (C=O) groups excluding carboxylic acids is 2. The van der Waals surface area contributed by atoms with Crippen LogP contribution in [0.15, 0.2) is 24.3 Å². The van der Waals surface area contributed by atoms with Crippen molar-refractivity contribution in [2.45, 2.75) is 57.5 Å². The second kappa shape index (κ2) is 6.85. The molecule has 0 radical (unpaired) electrons. The number of benzene rings is 1. The van der Waals surface area contributed by atoms with Crippen LogP contribution in [0.2, 0.25) is 0 Å². The first kappa shape index (κ1) is 15.7. The molecule has 1 atom stereocenters. The molecule has 0 bridgehead atoms. The van der Waals surface area contributed by atoms with Gasteiger partial charge in [0.25, 0.3) is 5.91 Å². The van der Waals surface area contributed by atoms with Crippen LogP contribution in [0.4, 0.5) is 5.69 Å². The Kier molecular flexibility index (Phi) is 5.12. The van der Waals surface area contributed by atoms with E-state index in [0.717, 1.165) is 19.3 Å². The fraction of sp³-hybridized carbons (Fsp3) is 0.529. The topological polar surface area (TPSA) is 66.4 Å². The highest BCUT2D eigenvalue weighted by atomic mass is 16.3. The Hall–Kier alpha value is -1.68. The van der Waals surface area contributed by atoms with Gasteiger partial charge in [0.05, 0.1) is 5.69 Å². The summed E-state index contributed by atoms with van der Waals surface area (Å²) in [6.45, 7) is 2.16. The predicted molar refractivity (Wildman–Crippen MR) is 82.3 cm³/mol. The third-order valence-corrected chi connectivity index (χ3v) is 4.06. The summed E-state index contributed by atoms with van der Waals surface area (Å²) in [5.74, 6) is -1.07. The van der Waals surface area contributed by atoms with E-state index >= 15 is 0 Å². The summed E-state index contributed by atoms with van der Waals surface area (Å²) in [5, 5.41) is 13.1. The van der Waals surface area contributed by atoms with Gasteiger partial charge in [0.2, 0.25) is 11.4 Å². The van der Waals surface area contributed by atoms with Crippen molar-refractivity contribution in [3.8, 4) is 0 Å². The molecule has 2 rings (SSSR count). The van der Waals surface area contributed by atoms with Gasteiger partial charge in [0.1, 0.15) is 0 Å². The van der Waals surface area contributed by atoms with E-state index in [1.807, 2.05) is 0 Å². The summed E-state index contributed by atoms with van der Waals surface area (Å²) in [6, 6.07) is 6.81. The van der Waals surface area contributed by atoms with E-state index in [-0.39, 0.29) is 6.42 Å². The zero-order valence-corrected chi connectivity index (χ0v) is 12.5. The van der Waals surface area contributed by atoms with E-state index in [1.54, 1.807) is 24.3 Å². The maximum absolute atomic E-state index is 12.4. The molecule has 4 nitrogen and oxygen atoms in total. The number of hydrogen-bond acceptors (Lipinski definition) is 3. The van der Waals surface area contributed by atoms with Crippen LogP contribution >= 0.6 is 0 Å². The molecule has 21 heavy (non-hydrogen) atoms. The van der Waals surface area contributed by atoms with Gasteiger partial charge in [0, 0.05) is 5.56 Å². The van der Waals surface area contributed by atoms with Crippen molar-refractivity contribution >= 4 is 17.4 Å². The number of anilines is 1. The van der Waals surface area contributed by atoms with Crippen molar-refractivity contribution in [2.24, 2.45) is 0 Å². The SMILES string of the molecule is CCCCCCCCC1(O)C(=O)Nc2ccccc2C1=O. The van der Waals surface area contributed by atoms with Gasteiger partial charge in [-0.05, 0) is 25.0 Å². The van der Waals surface area contributed by atoms with E-state index in [2.05, 4.69) is 12.2 Å². The maximum atomic E-state index is 12.4. The molecule has 0 aromatic heterocycles. The molecule has 1 amide bonds. The first-order valence-corrected chi connectivity index (χ1v) is 7.77. The molecule has 1 aromatic rings. The number of aliphatic hydroxyl groups is 1. The van der Waals surface area contributed by atoms with Gasteiger partial charge in [0.15, 0.2) is 0 Å². The van der Waals surface area contributed by atoms with E-state index in [4.69, 9.17) is 0 Å². The number of amides is 1. The summed E-state index contributed by atoms with van der Waals surface area (Å²) >= 11 is 0. The van der Waals surface area contributed by atoms with Gasteiger partial charge in [-0.15, -0.1) is 0 Å². The molecule has 1 aliphatic rings. The van der Waals surface area contributed by atoms with Crippen LogP contribution in [-0.2, 0) is 4.79 Å². The summed E-state index contributed by atoms with van der Waals surface area (Å²) in [5.41, 5.74) is -1.02. The molecule has 0 saturated carbocycles. The minimum absolute atomic E-state index is 0.193. The van der Waals surface area contributed by atoms with Crippen molar-refractivity contribution in [2.75, 3.05) is 5.32 Å². The quantitative estimate of drug-likeness (QED) is 0.598. The lowest BCUT2D eigenvalue weighted by Crippen LogP contribution is -2.53. The average Bonchev–Trinajstić information content (AvgIpc) is 2.49. The van der Waals surface area contributed by atoms with Crippen LogP contribution < -0.4 is 5.32 Å². The Labute approximate surface area is 125 Å². The minimum Gasteiger partial charge on any atom is -0.373 e. The summed E-state index contributed by atoms with van der Waals surface area (Å²) < 4.78 is 0. The van der Waals surface area contributed by atoms with Gasteiger partial charge in [-0.3, -0.25) is 9.59 Å². The molecule has 114 valence electrons. The largest absolute Gasteiger partial charge is 0.373 e. The Bertz CT molecular complexity index is 527. The lowest BCUT2D eigenvalue weighted by Gasteiger charge is -2.30. The van der Waals surface area contributed by atoms with E-state index in [0.29, 0.717) is 17.7 Å². The van der Waals surface area contributed by atoms with E-state index < -0.39 is 17.3 Å². The molecule has 1 aromatic carbocycles. The van der Waals surface area contributed by atoms with Crippen LogP contribution in [0, 0.1) is 0 Å². The highest BCUT2D eigenvalue weighted by molar-refractivity contribution is 6.26. The van der Waals surface area contributed by atoms with Crippen LogP contribution in [-0.4, -0.2) is 22.4 Å². The highest BCUT2D eigenvalue weighted by Crippen LogP contribution is 2.31. The minimum atomic E-state index is -1.90. The van der Waals surface area contributed by atoms with Crippen molar-refractivity contribution in [3.05, 3.63) is 29.8 Å². The molecule has 1 unspecified atom stereocenters. The number of para-hydroxylation sites is 1. The third-order valence-electron chi connectivity index (χ3n) is 4.06. The van der Waals surface area contributed by atoms with Crippen molar-refractivity contribution in [3.63, 3.8) is 0 Å². The Morgan fingerprint density at radius 3 is 2.48 bits per heavy atom. The highest BCUT2D eigenvalue weighted by Gasteiger charge is 2.47. The molecular weight excluding hydrogens is 266 g/mol. The van der Waals surface area contributed by atoms with Crippen molar-refractivity contribution in [1.82, 2.24) is 0 Å².